The Morgan fingerprint density at radius 2 is 2.07 bits per heavy atom. The van der Waals surface area contributed by atoms with Crippen LogP contribution in [0.4, 0.5) is 18.9 Å². The molecule has 1 aromatic heterocycles. The first-order chi connectivity index (χ1) is 6.29. The molecule has 14 heavy (non-hydrogen) atoms. The van der Waals surface area contributed by atoms with Crippen molar-refractivity contribution in [2.24, 2.45) is 0 Å². The summed E-state index contributed by atoms with van der Waals surface area (Å²) >= 11 is 2.92. The van der Waals surface area contributed by atoms with Crippen LogP contribution in [0.3, 0.4) is 0 Å². The molecule has 0 aliphatic carbocycles. The first-order valence-corrected chi connectivity index (χ1v) is 4.27. The Labute approximate surface area is 86.2 Å². The quantitative estimate of drug-likeness (QED) is 0.799. The molecule has 2 N–H and O–H groups in total. The fraction of sp³-hybridized carbons (Fsp3) is 0.286. The van der Waals surface area contributed by atoms with E-state index in [1.54, 1.807) is 6.92 Å². The Morgan fingerprint density at radius 3 is 2.50 bits per heavy atom. The van der Waals surface area contributed by atoms with E-state index in [-0.39, 0.29) is 4.60 Å². The third-order valence-electron chi connectivity index (χ3n) is 1.42. The third-order valence-corrected chi connectivity index (χ3v) is 2.02. The predicted octanol–water partition coefficient (Wildman–Crippen LogP) is 2.63. The summed E-state index contributed by atoms with van der Waals surface area (Å²) in [5.74, 6) is -0.531. The van der Waals surface area contributed by atoms with Gasteiger partial charge in [-0.3, -0.25) is 0 Å². The van der Waals surface area contributed by atoms with Crippen LogP contribution in [0.2, 0.25) is 0 Å². The average molecular weight is 271 g/mol. The first-order valence-electron chi connectivity index (χ1n) is 3.48. The number of hydrogen-bond donors (Lipinski definition) is 1. The van der Waals surface area contributed by atoms with Crippen LogP contribution in [-0.2, 0) is 0 Å². The van der Waals surface area contributed by atoms with Crippen LogP contribution in [0.25, 0.3) is 0 Å². The van der Waals surface area contributed by atoms with Crippen molar-refractivity contribution in [1.82, 2.24) is 4.98 Å². The highest BCUT2D eigenvalue weighted by molar-refractivity contribution is 9.10. The maximum Gasteiger partial charge on any atom is 0.574 e. The largest absolute Gasteiger partial charge is 0.574 e. The van der Waals surface area contributed by atoms with Crippen molar-refractivity contribution in [3.8, 4) is 5.88 Å². The Bertz CT molecular complexity index is 330. The van der Waals surface area contributed by atoms with Crippen LogP contribution in [0.15, 0.2) is 10.7 Å². The van der Waals surface area contributed by atoms with Crippen molar-refractivity contribution >= 4 is 21.6 Å². The van der Waals surface area contributed by atoms with Gasteiger partial charge in [-0.2, -0.15) is 0 Å². The van der Waals surface area contributed by atoms with E-state index in [1.807, 2.05) is 0 Å². The highest BCUT2D eigenvalue weighted by Crippen LogP contribution is 2.28. The summed E-state index contributed by atoms with van der Waals surface area (Å²) in [4.78, 5) is 3.47. The van der Waals surface area contributed by atoms with E-state index in [0.29, 0.717) is 11.3 Å². The lowest BCUT2D eigenvalue weighted by molar-refractivity contribution is -0.276. The van der Waals surface area contributed by atoms with E-state index in [4.69, 9.17) is 5.73 Å². The molecule has 0 amide bonds. The van der Waals surface area contributed by atoms with Gasteiger partial charge in [0.15, 0.2) is 0 Å². The molecule has 0 spiro atoms. The van der Waals surface area contributed by atoms with Gasteiger partial charge in [0.2, 0.25) is 5.88 Å². The highest BCUT2D eigenvalue weighted by Gasteiger charge is 2.32. The zero-order valence-electron chi connectivity index (χ0n) is 7.02. The Hall–Kier alpha value is -0.980. The summed E-state index contributed by atoms with van der Waals surface area (Å²) in [5.41, 5.74) is 6.22. The molecule has 1 aromatic rings. The summed E-state index contributed by atoms with van der Waals surface area (Å²) < 4.78 is 39.1. The van der Waals surface area contributed by atoms with Gasteiger partial charge in [-0.15, -0.1) is 13.2 Å². The lowest BCUT2D eigenvalue weighted by Gasteiger charge is -2.10. The lowest BCUT2D eigenvalue weighted by atomic mass is 10.2. The maximum absolute atomic E-state index is 11.8. The molecule has 0 aliphatic heterocycles. The molecule has 3 nitrogen and oxygen atoms in total. The van der Waals surface area contributed by atoms with Gasteiger partial charge >= 0.3 is 6.36 Å². The molecule has 0 fully saturated rings. The van der Waals surface area contributed by atoms with Gasteiger partial charge in [0.1, 0.15) is 4.60 Å². The van der Waals surface area contributed by atoms with E-state index in [1.165, 1.54) is 0 Å². The van der Waals surface area contributed by atoms with Gasteiger partial charge in [-0.05, 0) is 28.4 Å². The van der Waals surface area contributed by atoms with Crippen LogP contribution in [0.1, 0.15) is 5.56 Å². The van der Waals surface area contributed by atoms with Gasteiger partial charge in [-0.25, -0.2) is 4.98 Å². The molecule has 78 valence electrons. The second kappa shape index (κ2) is 3.64. The number of halogens is 4. The van der Waals surface area contributed by atoms with E-state index in [0.717, 1.165) is 6.07 Å². The molecule has 0 saturated heterocycles. The minimum atomic E-state index is -4.74. The molecule has 1 heterocycles. The smallest absolute Gasteiger partial charge is 0.396 e. The molecule has 0 unspecified atom stereocenters. The summed E-state index contributed by atoms with van der Waals surface area (Å²) in [7, 11) is 0. The molecule has 1 rings (SSSR count). The number of anilines is 1. The van der Waals surface area contributed by atoms with Crippen LogP contribution in [0, 0.1) is 6.92 Å². The summed E-state index contributed by atoms with van der Waals surface area (Å²) in [5, 5.41) is 0. The number of hydrogen-bond acceptors (Lipinski definition) is 3. The van der Waals surface area contributed by atoms with E-state index < -0.39 is 12.2 Å². The Morgan fingerprint density at radius 1 is 1.50 bits per heavy atom. The monoisotopic (exact) mass is 270 g/mol. The van der Waals surface area contributed by atoms with Crippen LogP contribution >= 0.6 is 15.9 Å². The molecule has 0 aromatic carbocycles. The number of aryl methyl sites for hydroxylation is 1. The Balaban J connectivity index is 3.02. The number of nitrogen functional groups attached to an aromatic ring is 1. The van der Waals surface area contributed by atoms with Gasteiger partial charge < -0.3 is 10.5 Å². The second-order valence-corrected chi connectivity index (χ2v) is 3.28. The number of nitrogens with zero attached hydrogens (tertiary/aromatic N) is 1. The van der Waals surface area contributed by atoms with Crippen LogP contribution in [-0.4, -0.2) is 11.3 Å². The van der Waals surface area contributed by atoms with Crippen molar-refractivity contribution in [3.63, 3.8) is 0 Å². The molecule has 0 bridgehead atoms. The number of nitrogens with two attached hydrogens (primary N) is 1. The molecule has 0 aliphatic rings. The third kappa shape index (κ3) is 2.76. The van der Waals surface area contributed by atoms with Crippen molar-refractivity contribution in [2.75, 3.05) is 5.73 Å². The topological polar surface area (TPSA) is 48.1 Å². The number of alkyl halides is 3. The van der Waals surface area contributed by atoms with Crippen LogP contribution in [0.5, 0.6) is 5.88 Å². The highest BCUT2D eigenvalue weighted by atomic mass is 79.9. The fourth-order valence-corrected chi connectivity index (χ4v) is 1.27. The van der Waals surface area contributed by atoms with E-state index in [2.05, 4.69) is 25.7 Å². The zero-order chi connectivity index (χ0) is 10.9. The Kier molecular flexibility index (Phi) is 2.89. The summed E-state index contributed by atoms with van der Waals surface area (Å²) in [6, 6.07) is 1.12. The van der Waals surface area contributed by atoms with Crippen molar-refractivity contribution in [1.29, 1.82) is 0 Å². The standard InChI is InChI=1S/C7H6BrF3N2O/c1-3-2-4(14-7(9,10)11)13-6(8)5(3)12/h2H,12H2,1H3. The maximum atomic E-state index is 11.8. The van der Waals surface area contributed by atoms with Gasteiger partial charge in [-0.1, -0.05) is 0 Å². The number of ether oxygens (including phenoxy) is 1. The van der Waals surface area contributed by atoms with Crippen LogP contribution < -0.4 is 10.5 Å². The summed E-state index contributed by atoms with van der Waals surface area (Å²) in [6.45, 7) is 1.56. The van der Waals surface area contributed by atoms with Crippen molar-refractivity contribution in [3.05, 3.63) is 16.2 Å². The SMILES string of the molecule is Cc1cc(OC(F)(F)F)nc(Br)c1N. The molecule has 0 radical (unpaired) electrons. The normalized spacial score (nSPS) is 11.5. The minimum Gasteiger partial charge on any atom is -0.396 e. The molecular formula is C7H6BrF3N2O. The molecule has 0 atom stereocenters. The number of rotatable bonds is 1. The average Bonchev–Trinajstić information content (AvgIpc) is 1.96. The lowest BCUT2D eigenvalue weighted by Crippen LogP contribution is -2.18. The van der Waals surface area contributed by atoms with E-state index >= 15 is 0 Å². The van der Waals surface area contributed by atoms with Crippen molar-refractivity contribution < 1.29 is 17.9 Å². The second-order valence-electron chi connectivity index (χ2n) is 2.53. The minimum absolute atomic E-state index is 0.136. The fourth-order valence-electron chi connectivity index (χ4n) is 0.786. The zero-order valence-corrected chi connectivity index (χ0v) is 8.61. The predicted molar refractivity (Wildman–Crippen MR) is 47.8 cm³/mol. The van der Waals surface area contributed by atoms with Gasteiger partial charge in [0.25, 0.3) is 0 Å². The molecular weight excluding hydrogens is 265 g/mol. The molecule has 0 saturated carbocycles. The molecule has 7 heteroatoms. The van der Waals surface area contributed by atoms with Crippen molar-refractivity contribution in [2.45, 2.75) is 13.3 Å². The van der Waals surface area contributed by atoms with Gasteiger partial charge in [0.05, 0.1) is 5.69 Å². The summed E-state index contributed by atoms with van der Waals surface area (Å²) in [6.07, 6.45) is -4.74. The first kappa shape index (κ1) is 11.1. The number of pyridine rings is 1. The number of aromatic nitrogens is 1. The van der Waals surface area contributed by atoms with Gasteiger partial charge in [0, 0.05) is 6.07 Å². The van der Waals surface area contributed by atoms with E-state index in [9.17, 15) is 13.2 Å².